The van der Waals surface area contributed by atoms with E-state index in [9.17, 15) is 5.11 Å². The second-order valence-electron chi connectivity index (χ2n) is 3.21. The van der Waals surface area contributed by atoms with Crippen molar-refractivity contribution in [3.63, 3.8) is 0 Å². The van der Waals surface area contributed by atoms with Crippen molar-refractivity contribution in [3.8, 4) is 29.2 Å². The van der Waals surface area contributed by atoms with E-state index in [0.717, 1.165) is 11.1 Å². The van der Waals surface area contributed by atoms with Crippen LogP contribution in [0.3, 0.4) is 0 Å². The van der Waals surface area contributed by atoms with E-state index in [2.05, 4.69) is 5.92 Å². The van der Waals surface area contributed by atoms with Gasteiger partial charge in [-0.05, 0) is 11.6 Å². The molecule has 0 aromatic heterocycles. The SMILES string of the molecule is C#Cc1cccc(-c2ccccc2)c1O. The molecule has 0 aliphatic rings. The number of phenolic OH excluding ortho intramolecular Hbond substituents is 1. The van der Waals surface area contributed by atoms with Crippen LogP contribution in [0.1, 0.15) is 5.56 Å². The molecule has 0 aliphatic heterocycles. The van der Waals surface area contributed by atoms with Crippen molar-refractivity contribution in [2.45, 2.75) is 0 Å². The van der Waals surface area contributed by atoms with Gasteiger partial charge in [-0.2, -0.15) is 0 Å². The minimum atomic E-state index is 0.172. The Bertz CT molecular complexity index is 507. The molecular formula is C14H10O. The van der Waals surface area contributed by atoms with Crippen LogP contribution in [0.25, 0.3) is 11.1 Å². The van der Waals surface area contributed by atoms with Gasteiger partial charge in [0.1, 0.15) is 5.75 Å². The first-order valence-electron chi connectivity index (χ1n) is 4.67. The quantitative estimate of drug-likeness (QED) is 0.692. The average molecular weight is 194 g/mol. The molecular weight excluding hydrogens is 184 g/mol. The monoisotopic (exact) mass is 194 g/mol. The molecule has 0 aliphatic carbocycles. The van der Waals surface area contributed by atoms with Crippen molar-refractivity contribution in [2.24, 2.45) is 0 Å². The zero-order valence-corrected chi connectivity index (χ0v) is 8.14. The molecule has 72 valence electrons. The summed E-state index contributed by atoms with van der Waals surface area (Å²) in [6.07, 6.45) is 5.29. The molecule has 0 heterocycles. The Hall–Kier alpha value is -2.20. The fourth-order valence-electron chi connectivity index (χ4n) is 1.51. The molecule has 2 rings (SSSR count). The van der Waals surface area contributed by atoms with Crippen molar-refractivity contribution in [2.75, 3.05) is 0 Å². The molecule has 0 atom stereocenters. The second-order valence-corrected chi connectivity index (χ2v) is 3.21. The van der Waals surface area contributed by atoms with Gasteiger partial charge < -0.3 is 5.11 Å². The predicted octanol–water partition coefficient (Wildman–Crippen LogP) is 3.04. The van der Waals surface area contributed by atoms with Crippen LogP contribution < -0.4 is 0 Å². The summed E-state index contributed by atoms with van der Waals surface area (Å²) in [5.41, 5.74) is 2.26. The smallest absolute Gasteiger partial charge is 0.139 e. The number of terminal acetylenes is 1. The summed E-state index contributed by atoms with van der Waals surface area (Å²) in [4.78, 5) is 0. The van der Waals surface area contributed by atoms with Gasteiger partial charge in [-0.15, -0.1) is 6.42 Å². The Labute approximate surface area is 89.0 Å². The van der Waals surface area contributed by atoms with Crippen LogP contribution in [0.5, 0.6) is 5.75 Å². The summed E-state index contributed by atoms with van der Waals surface area (Å²) >= 11 is 0. The zero-order chi connectivity index (χ0) is 10.7. The molecule has 2 aromatic carbocycles. The molecule has 0 bridgehead atoms. The van der Waals surface area contributed by atoms with Crippen molar-refractivity contribution >= 4 is 0 Å². The third-order valence-electron chi connectivity index (χ3n) is 2.28. The average Bonchev–Trinajstić information content (AvgIpc) is 2.30. The van der Waals surface area contributed by atoms with Gasteiger partial charge in [-0.3, -0.25) is 0 Å². The highest BCUT2D eigenvalue weighted by Gasteiger charge is 2.06. The Kier molecular flexibility index (Phi) is 2.43. The normalized spacial score (nSPS) is 9.53. The summed E-state index contributed by atoms with van der Waals surface area (Å²) in [7, 11) is 0. The lowest BCUT2D eigenvalue weighted by Crippen LogP contribution is -1.82. The lowest BCUT2D eigenvalue weighted by molar-refractivity contribution is 0.476. The number of para-hydroxylation sites is 1. The summed E-state index contributed by atoms with van der Waals surface area (Å²) in [6.45, 7) is 0. The van der Waals surface area contributed by atoms with Crippen LogP contribution in [0.4, 0.5) is 0 Å². The minimum absolute atomic E-state index is 0.172. The van der Waals surface area contributed by atoms with Crippen LogP contribution in [-0.2, 0) is 0 Å². The highest BCUT2D eigenvalue weighted by atomic mass is 16.3. The minimum Gasteiger partial charge on any atom is -0.506 e. The van der Waals surface area contributed by atoms with E-state index < -0.39 is 0 Å². The summed E-state index contributed by atoms with van der Waals surface area (Å²) in [5.74, 6) is 2.63. The number of hydrogen-bond acceptors (Lipinski definition) is 1. The predicted molar refractivity (Wildman–Crippen MR) is 61.5 cm³/mol. The molecule has 0 fully saturated rings. The van der Waals surface area contributed by atoms with Crippen LogP contribution in [0, 0.1) is 12.3 Å². The van der Waals surface area contributed by atoms with Crippen molar-refractivity contribution < 1.29 is 5.11 Å². The molecule has 0 saturated carbocycles. The Morgan fingerprint density at radius 1 is 0.933 bits per heavy atom. The van der Waals surface area contributed by atoms with Gasteiger partial charge >= 0.3 is 0 Å². The molecule has 2 aromatic rings. The maximum absolute atomic E-state index is 9.90. The van der Waals surface area contributed by atoms with Crippen molar-refractivity contribution in [1.82, 2.24) is 0 Å². The molecule has 1 nitrogen and oxygen atoms in total. The van der Waals surface area contributed by atoms with E-state index >= 15 is 0 Å². The Morgan fingerprint density at radius 2 is 1.67 bits per heavy atom. The first kappa shape index (κ1) is 9.36. The van der Waals surface area contributed by atoms with Gasteiger partial charge in [0.25, 0.3) is 0 Å². The maximum Gasteiger partial charge on any atom is 0.139 e. The number of phenols is 1. The van der Waals surface area contributed by atoms with Crippen molar-refractivity contribution in [3.05, 3.63) is 54.1 Å². The molecule has 0 unspecified atom stereocenters. The molecule has 1 N–H and O–H groups in total. The number of rotatable bonds is 1. The Balaban J connectivity index is 2.61. The summed E-state index contributed by atoms with van der Waals surface area (Å²) in [6, 6.07) is 15.1. The van der Waals surface area contributed by atoms with Gasteiger partial charge in [-0.25, -0.2) is 0 Å². The Morgan fingerprint density at radius 3 is 2.33 bits per heavy atom. The van der Waals surface area contributed by atoms with Gasteiger partial charge in [0.05, 0.1) is 5.56 Å². The molecule has 15 heavy (non-hydrogen) atoms. The fraction of sp³-hybridized carbons (Fsp3) is 0. The van der Waals surface area contributed by atoms with E-state index in [-0.39, 0.29) is 5.75 Å². The van der Waals surface area contributed by atoms with E-state index in [1.54, 1.807) is 6.07 Å². The van der Waals surface area contributed by atoms with E-state index in [1.165, 1.54) is 0 Å². The maximum atomic E-state index is 9.90. The van der Waals surface area contributed by atoms with Gasteiger partial charge in [0, 0.05) is 5.56 Å². The van der Waals surface area contributed by atoms with Gasteiger partial charge in [-0.1, -0.05) is 48.4 Å². The number of aromatic hydroxyl groups is 1. The molecule has 0 amide bonds. The third kappa shape index (κ3) is 1.70. The molecule has 0 spiro atoms. The fourth-order valence-corrected chi connectivity index (χ4v) is 1.51. The van der Waals surface area contributed by atoms with E-state index in [0.29, 0.717) is 5.56 Å². The highest BCUT2D eigenvalue weighted by Crippen LogP contribution is 2.31. The summed E-state index contributed by atoms with van der Waals surface area (Å²) < 4.78 is 0. The van der Waals surface area contributed by atoms with E-state index in [4.69, 9.17) is 6.42 Å². The van der Waals surface area contributed by atoms with E-state index in [1.807, 2.05) is 42.5 Å². The topological polar surface area (TPSA) is 20.2 Å². The molecule has 1 heteroatoms. The van der Waals surface area contributed by atoms with Gasteiger partial charge in [0.2, 0.25) is 0 Å². The summed E-state index contributed by atoms with van der Waals surface area (Å²) in [5, 5.41) is 9.90. The lowest BCUT2D eigenvalue weighted by atomic mass is 10.0. The first-order valence-corrected chi connectivity index (χ1v) is 4.67. The zero-order valence-electron chi connectivity index (χ0n) is 8.14. The molecule has 0 radical (unpaired) electrons. The van der Waals surface area contributed by atoms with Crippen molar-refractivity contribution in [1.29, 1.82) is 0 Å². The second kappa shape index (κ2) is 3.89. The van der Waals surface area contributed by atoms with Crippen LogP contribution in [0.15, 0.2) is 48.5 Å². The number of hydrogen-bond donors (Lipinski definition) is 1. The van der Waals surface area contributed by atoms with Crippen LogP contribution >= 0.6 is 0 Å². The van der Waals surface area contributed by atoms with Crippen LogP contribution in [0.2, 0.25) is 0 Å². The van der Waals surface area contributed by atoms with Crippen LogP contribution in [-0.4, -0.2) is 5.11 Å². The highest BCUT2D eigenvalue weighted by molar-refractivity contribution is 5.73. The third-order valence-corrected chi connectivity index (χ3v) is 2.28. The molecule has 0 saturated heterocycles. The lowest BCUT2D eigenvalue weighted by Gasteiger charge is -2.05. The standard InChI is InChI=1S/C14H10O/c1-2-11-9-6-10-13(14(11)15)12-7-4-3-5-8-12/h1,3-10,15H. The number of benzene rings is 2. The first-order chi connectivity index (χ1) is 7.33. The largest absolute Gasteiger partial charge is 0.506 e. The van der Waals surface area contributed by atoms with Gasteiger partial charge in [0.15, 0.2) is 0 Å².